The molecule has 1 aromatic heterocycles. The van der Waals surface area contributed by atoms with Gasteiger partial charge >= 0.3 is 19.5 Å². The smallest absolute Gasteiger partial charge is 0.423 e. The molecule has 0 spiro atoms. The van der Waals surface area contributed by atoms with E-state index in [1.807, 2.05) is 0 Å². The quantitative estimate of drug-likeness (QED) is 0.655. The molecule has 1 heterocycles. The number of halogens is 6. The van der Waals surface area contributed by atoms with Gasteiger partial charge in [0.15, 0.2) is 0 Å². The fourth-order valence-corrected chi connectivity index (χ4v) is 1.99. The first-order valence-electron chi connectivity index (χ1n) is 6.12. The van der Waals surface area contributed by atoms with Gasteiger partial charge in [-0.3, -0.25) is 0 Å². The summed E-state index contributed by atoms with van der Waals surface area (Å²) in [6, 6.07) is 4.98. The van der Waals surface area contributed by atoms with Gasteiger partial charge in [-0.15, -0.1) is 0 Å². The largest absolute Gasteiger partial charge is 0.490 e. The van der Waals surface area contributed by atoms with Crippen LogP contribution in [-0.4, -0.2) is 22.2 Å². The van der Waals surface area contributed by atoms with Crippen molar-refractivity contribution in [3.05, 3.63) is 47.7 Å². The molecular formula is C13H8BF6NO2. The molecule has 0 unspecified atom stereocenters. The Hall–Kier alpha value is -2.07. The standard InChI is InChI=1S/C13H8BF6NO2/c15-12(16,17)8-4-2-1-3-7(8)11-9(14(22)23)5-6-10(21-11)13(18,19)20/h1-6,22-23H. The topological polar surface area (TPSA) is 53.4 Å². The number of pyridine rings is 1. The molecular weight excluding hydrogens is 327 g/mol. The normalized spacial score (nSPS) is 12.3. The third kappa shape index (κ3) is 3.65. The van der Waals surface area contributed by atoms with Crippen molar-refractivity contribution >= 4 is 12.6 Å². The number of hydrogen-bond donors (Lipinski definition) is 2. The van der Waals surface area contributed by atoms with Crippen molar-refractivity contribution in [2.45, 2.75) is 12.4 Å². The minimum Gasteiger partial charge on any atom is -0.423 e. The van der Waals surface area contributed by atoms with E-state index in [4.69, 9.17) is 0 Å². The highest BCUT2D eigenvalue weighted by atomic mass is 19.4. The zero-order chi connectivity index (χ0) is 17.4. The molecule has 2 rings (SSSR count). The molecule has 1 aromatic carbocycles. The number of aromatic nitrogens is 1. The Labute approximate surface area is 126 Å². The van der Waals surface area contributed by atoms with E-state index < -0.39 is 47.4 Å². The number of benzene rings is 1. The van der Waals surface area contributed by atoms with Crippen LogP contribution in [0.25, 0.3) is 11.3 Å². The summed E-state index contributed by atoms with van der Waals surface area (Å²) in [6.07, 6.45) is -9.73. The van der Waals surface area contributed by atoms with Gasteiger partial charge in [-0.25, -0.2) is 4.98 Å². The molecule has 0 radical (unpaired) electrons. The molecule has 10 heteroatoms. The second-order valence-corrected chi connectivity index (χ2v) is 4.55. The minimum atomic E-state index is -4.89. The number of rotatable bonds is 2. The Balaban J connectivity index is 2.76. The Morgan fingerprint density at radius 2 is 1.43 bits per heavy atom. The van der Waals surface area contributed by atoms with E-state index in [1.54, 1.807) is 0 Å². The van der Waals surface area contributed by atoms with Gasteiger partial charge in [0.1, 0.15) is 5.69 Å². The first-order valence-corrected chi connectivity index (χ1v) is 6.12. The molecule has 0 aliphatic rings. The molecule has 2 aromatic rings. The van der Waals surface area contributed by atoms with Crippen LogP contribution in [0.15, 0.2) is 36.4 Å². The lowest BCUT2D eigenvalue weighted by molar-refractivity contribution is -0.141. The van der Waals surface area contributed by atoms with E-state index in [0.717, 1.165) is 12.1 Å². The van der Waals surface area contributed by atoms with Gasteiger partial charge in [0.2, 0.25) is 0 Å². The fourth-order valence-electron chi connectivity index (χ4n) is 1.99. The molecule has 0 amide bonds. The molecule has 0 saturated heterocycles. The van der Waals surface area contributed by atoms with Gasteiger partial charge in [-0.2, -0.15) is 26.3 Å². The van der Waals surface area contributed by atoms with E-state index in [2.05, 4.69) is 4.98 Å². The molecule has 0 aliphatic heterocycles. The van der Waals surface area contributed by atoms with E-state index in [9.17, 15) is 36.4 Å². The lowest BCUT2D eigenvalue weighted by atomic mass is 9.77. The summed E-state index contributed by atoms with van der Waals surface area (Å²) in [7, 11) is -2.28. The summed E-state index contributed by atoms with van der Waals surface area (Å²) in [4.78, 5) is 3.16. The van der Waals surface area contributed by atoms with Gasteiger partial charge in [0, 0.05) is 11.0 Å². The molecule has 3 nitrogen and oxygen atoms in total. The molecule has 122 valence electrons. The monoisotopic (exact) mass is 335 g/mol. The van der Waals surface area contributed by atoms with Crippen LogP contribution in [0.1, 0.15) is 11.3 Å². The van der Waals surface area contributed by atoms with Gasteiger partial charge in [0.25, 0.3) is 0 Å². The molecule has 0 saturated carbocycles. The van der Waals surface area contributed by atoms with E-state index >= 15 is 0 Å². The summed E-state index contributed by atoms with van der Waals surface area (Å²) >= 11 is 0. The predicted octanol–water partition coefficient (Wildman–Crippen LogP) is 2.47. The number of hydrogen-bond acceptors (Lipinski definition) is 3. The Morgan fingerprint density at radius 3 is 1.96 bits per heavy atom. The summed E-state index contributed by atoms with van der Waals surface area (Å²) in [5.74, 6) is 0. The maximum atomic E-state index is 13.0. The molecule has 0 bridgehead atoms. The van der Waals surface area contributed by atoms with Gasteiger partial charge in [0.05, 0.1) is 11.3 Å². The van der Waals surface area contributed by atoms with Crippen molar-refractivity contribution in [3.63, 3.8) is 0 Å². The average Bonchev–Trinajstić information content (AvgIpc) is 2.44. The molecule has 2 N–H and O–H groups in total. The molecule has 0 fully saturated rings. The highest BCUT2D eigenvalue weighted by molar-refractivity contribution is 6.60. The average molecular weight is 335 g/mol. The lowest BCUT2D eigenvalue weighted by Gasteiger charge is -2.16. The second kappa shape index (κ2) is 5.86. The van der Waals surface area contributed by atoms with Crippen molar-refractivity contribution in [1.82, 2.24) is 4.98 Å². The lowest BCUT2D eigenvalue weighted by Crippen LogP contribution is -2.33. The molecule has 0 aliphatic carbocycles. The summed E-state index contributed by atoms with van der Waals surface area (Å²) in [5, 5.41) is 18.4. The third-order valence-corrected chi connectivity index (χ3v) is 2.98. The Bertz CT molecular complexity index is 714. The van der Waals surface area contributed by atoms with Crippen molar-refractivity contribution in [2.24, 2.45) is 0 Å². The molecule has 23 heavy (non-hydrogen) atoms. The maximum absolute atomic E-state index is 13.0. The van der Waals surface area contributed by atoms with Crippen LogP contribution in [-0.2, 0) is 12.4 Å². The van der Waals surface area contributed by atoms with Crippen molar-refractivity contribution in [3.8, 4) is 11.3 Å². The number of nitrogens with zero attached hydrogens (tertiary/aromatic N) is 1. The highest BCUT2D eigenvalue weighted by Crippen LogP contribution is 2.37. The Kier molecular flexibility index (Phi) is 4.40. The van der Waals surface area contributed by atoms with Gasteiger partial charge < -0.3 is 10.0 Å². The van der Waals surface area contributed by atoms with Crippen LogP contribution >= 0.6 is 0 Å². The van der Waals surface area contributed by atoms with E-state index in [1.165, 1.54) is 6.07 Å². The summed E-state index contributed by atoms with van der Waals surface area (Å²) in [5.41, 5.74) is -4.69. The fraction of sp³-hybridized carbons (Fsp3) is 0.154. The zero-order valence-electron chi connectivity index (χ0n) is 11.2. The number of alkyl halides is 6. The van der Waals surface area contributed by atoms with Gasteiger partial charge in [-0.1, -0.05) is 24.3 Å². The van der Waals surface area contributed by atoms with Gasteiger partial charge in [-0.05, 0) is 12.1 Å². The second-order valence-electron chi connectivity index (χ2n) is 4.55. The first-order chi connectivity index (χ1) is 10.5. The summed E-state index contributed by atoms with van der Waals surface area (Å²) in [6.45, 7) is 0. The SMILES string of the molecule is OB(O)c1ccc(C(F)(F)F)nc1-c1ccccc1C(F)(F)F. The van der Waals surface area contributed by atoms with Crippen LogP contribution in [0.2, 0.25) is 0 Å². The minimum absolute atomic E-state index is 0.467. The molecule has 0 atom stereocenters. The zero-order valence-corrected chi connectivity index (χ0v) is 11.2. The van der Waals surface area contributed by atoms with Crippen molar-refractivity contribution in [1.29, 1.82) is 0 Å². The van der Waals surface area contributed by atoms with Crippen LogP contribution in [0.3, 0.4) is 0 Å². The van der Waals surface area contributed by atoms with Crippen LogP contribution in [0.4, 0.5) is 26.3 Å². The van der Waals surface area contributed by atoms with Crippen LogP contribution < -0.4 is 5.46 Å². The maximum Gasteiger partial charge on any atom is 0.490 e. The first kappa shape index (κ1) is 17.3. The van der Waals surface area contributed by atoms with E-state index in [-0.39, 0.29) is 0 Å². The van der Waals surface area contributed by atoms with Crippen molar-refractivity contribution in [2.75, 3.05) is 0 Å². The van der Waals surface area contributed by atoms with Crippen molar-refractivity contribution < 1.29 is 36.4 Å². The highest BCUT2D eigenvalue weighted by Gasteiger charge is 2.37. The van der Waals surface area contributed by atoms with E-state index in [0.29, 0.717) is 18.2 Å². The third-order valence-electron chi connectivity index (χ3n) is 2.98. The predicted molar refractivity (Wildman–Crippen MR) is 69.5 cm³/mol. The Morgan fingerprint density at radius 1 is 0.826 bits per heavy atom. The van der Waals surface area contributed by atoms with Crippen LogP contribution in [0.5, 0.6) is 0 Å². The van der Waals surface area contributed by atoms with Crippen LogP contribution in [0, 0.1) is 0 Å². The summed E-state index contributed by atoms with van der Waals surface area (Å²) < 4.78 is 77.3.